The fraction of sp³-hybridized carbons (Fsp3) is 0.417. The number of hydrogen-bond donors (Lipinski definition) is 3. The minimum Gasteiger partial charge on any atom is -0.350 e. The summed E-state index contributed by atoms with van der Waals surface area (Å²) in [6, 6.07) is 1.73. The standard InChI is InChI=1S/C12H15FN4O3S/c1-21-12(2-3-12)6-15-11(18)7-4-9(16-14)8(13)5-10(7)17(19)20/h4-5,16H,2-3,6,14H2,1H3,(H,15,18). The van der Waals surface area contributed by atoms with Crippen molar-refractivity contribution < 1.29 is 14.1 Å². The molecule has 21 heavy (non-hydrogen) atoms. The van der Waals surface area contributed by atoms with Gasteiger partial charge < -0.3 is 10.7 Å². The van der Waals surface area contributed by atoms with Crippen LogP contribution in [0.15, 0.2) is 12.1 Å². The van der Waals surface area contributed by atoms with Crippen molar-refractivity contribution in [2.75, 3.05) is 18.2 Å². The topological polar surface area (TPSA) is 110 Å². The molecule has 1 aliphatic carbocycles. The van der Waals surface area contributed by atoms with Crippen molar-refractivity contribution in [3.63, 3.8) is 0 Å². The number of halogens is 1. The van der Waals surface area contributed by atoms with E-state index in [0.717, 1.165) is 18.9 Å². The molecule has 7 nitrogen and oxygen atoms in total. The van der Waals surface area contributed by atoms with Gasteiger partial charge in [-0.25, -0.2) is 4.39 Å². The van der Waals surface area contributed by atoms with Gasteiger partial charge >= 0.3 is 0 Å². The van der Waals surface area contributed by atoms with E-state index in [4.69, 9.17) is 5.84 Å². The van der Waals surface area contributed by atoms with Gasteiger partial charge in [-0.15, -0.1) is 0 Å². The third kappa shape index (κ3) is 3.24. The van der Waals surface area contributed by atoms with Gasteiger partial charge in [-0.05, 0) is 25.2 Å². The van der Waals surface area contributed by atoms with Crippen molar-refractivity contribution in [1.29, 1.82) is 0 Å². The molecule has 1 aromatic carbocycles. The van der Waals surface area contributed by atoms with Crippen LogP contribution in [0.5, 0.6) is 0 Å². The van der Waals surface area contributed by atoms with E-state index >= 15 is 0 Å². The van der Waals surface area contributed by atoms with Crippen molar-refractivity contribution >= 4 is 29.0 Å². The zero-order valence-corrected chi connectivity index (χ0v) is 12.1. The Bertz CT molecular complexity index is 592. The molecule has 1 saturated carbocycles. The number of thioether (sulfide) groups is 1. The Labute approximate surface area is 124 Å². The zero-order chi connectivity index (χ0) is 15.6. The highest BCUT2D eigenvalue weighted by Crippen LogP contribution is 2.46. The van der Waals surface area contributed by atoms with Crippen LogP contribution in [0.4, 0.5) is 15.8 Å². The van der Waals surface area contributed by atoms with Crippen molar-refractivity contribution in [3.8, 4) is 0 Å². The number of nitro groups is 1. The normalized spacial score (nSPS) is 15.4. The number of benzene rings is 1. The maximum absolute atomic E-state index is 13.5. The van der Waals surface area contributed by atoms with Crippen LogP contribution in [0.2, 0.25) is 0 Å². The molecule has 0 radical (unpaired) electrons. The predicted molar refractivity (Wildman–Crippen MR) is 78.7 cm³/mol. The minimum atomic E-state index is -0.886. The highest BCUT2D eigenvalue weighted by molar-refractivity contribution is 8.00. The number of nitrogens with zero attached hydrogens (tertiary/aromatic N) is 1. The molecule has 0 spiro atoms. The van der Waals surface area contributed by atoms with Gasteiger partial charge in [-0.2, -0.15) is 11.8 Å². The van der Waals surface area contributed by atoms with E-state index in [1.807, 2.05) is 6.26 Å². The van der Waals surface area contributed by atoms with Crippen LogP contribution >= 0.6 is 11.8 Å². The summed E-state index contributed by atoms with van der Waals surface area (Å²) in [6.45, 7) is 0.424. The average Bonchev–Trinajstić information content (AvgIpc) is 3.25. The Balaban J connectivity index is 2.24. The minimum absolute atomic E-state index is 0.0272. The average molecular weight is 314 g/mol. The number of amides is 1. The van der Waals surface area contributed by atoms with Crippen LogP contribution in [0.25, 0.3) is 0 Å². The molecule has 0 aromatic heterocycles. The van der Waals surface area contributed by atoms with Gasteiger partial charge in [0.2, 0.25) is 0 Å². The molecule has 0 saturated heterocycles. The Morgan fingerprint density at radius 1 is 1.57 bits per heavy atom. The van der Waals surface area contributed by atoms with E-state index < -0.39 is 22.3 Å². The van der Waals surface area contributed by atoms with Crippen molar-refractivity contribution in [2.45, 2.75) is 17.6 Å². The van der Waals surface area contributed by atoms with Crippen molar-refractivity contribution in [1.82, 2.24) is 5.32 Å². The second-order valence-electron chi connectivity index (χ2n) is 4.82. The number of nitro benzene ring substituents is 1. The van der Waals surface area contributed by atoms with Gasteiger partial charge in [0.15, 0.2) is 5.82 Å². The van der Waals surface area contributed by atoms with E-state index in [0.29, 0.717) is 12.6 Å². The van der Waals surface area contributed by atoms with Gasteiger partial charge in [0.1, 0.15) is 5.56 Å². The molecule has 0 aliphatic heterocycles. The molecular weight excluding hydrogens is 299 g/mol. The molecule has 2 rings (SSSR count). The van der Waals surface area contributed by atoms with Gasteiger partial charge in [-0.1, -0.05) is 0 Å². The molecule has 114 valence electrons. The number of nitrogens with one attached hydrogen (secondary N) is 2. The molecule has 0 unspecified atom stereocenters. The summed E-state index contributed by atoms with van der Waals surface area (Å²) in [4.78, 5) is 22.3. The Hall–Kier alpha value is -1.87. The number of nitrogen functional groups attached to an aromatic ring is 1. The first-order valence-electron chi connectivity index (χ1n) is 6.20. The smallest absolute Gasteiger partial charge is 0.285 e. The molecule has 0 bridgehead atoms. The van der Waals surface area contributed by atoms with Gasteiger partial charge in [0.05, 0.1) is 16.7 Å². The van der Waals surface area contributed by atoms with Crippen LogP contribution in [-0.4, -0.2) is 28.4 Å². The summed E-state index contributed by atoms with van der Waals surface area (Å²) in [5.74, 6) is 3.63. The largest absolute Gasteiger partial charge is 0.350 e. The zero-order valence-electron chi connectivity index (χ0n) is 11.3. The Morgan fingerprint density at radius 3 is 2.71 bits per heavy atom. The second kappa shape index (κ2) is 5.86. The van der Waals surface area contributed by atoms with E-state index in [1.54, 1.807) is 11.8 Å². The number of carbonyl (C=O) groups excluding carboxylic acids is 1. The highest BCUT2D eigenvalue weighted by atomic mass is 32.2. The molecule has 1 aliphatic rings. The molecule has 0 atom stereocenters. The van der Waals surface area contributed by atoms with Crippen LogP contribution < -0.4 is 16.6 Å². The summed E-state index contributed by atoms with van der Waals surface area (Å²) in [7, 11) is 0. The molecule has 0 heterocycles. The molecule has 4 N–H and O–H groups in total. The van der Waals surface area contributed by atoms with Gasteiger partial charge in [0, 0.05) is 11.3 Å². The Kier molecular flexibility index (Phi) is 4.33. The summed E-state index contributed by atoms with van der Waals surface area (Å²) >= 11 is 1.66. The predicted octanol–water partition coefficient (Wildman–Crippen LogP) is 1.64. The van der Waals surface area contributed by atoms with Crippen LogP contribution in [0.3, 0.4) is 0 Å². The molecule has 1 amide bonds. The van der Waals surface area contributed by atoms with E-state index in [-0.39, 0.29) is 16.0 Å². The molecular formula is C12H15FN4O3S. The monoisotopic (exact) mass is 314 g/mol. The van der Waals surface area contributed by atoms with E-state index in [2.05, 4.69) is 10.7 Å². The van der Waals surface area contributed by atoms with Crippen molar-refractivity contribution in [3.05, 3.63) is 33.6 Å². The number of anilines is 1. The lowest BCUT2D eigenvalue weighted by Gasteiger charge is -2.13. The number of nitrogens with two attached hydrogens (primary N) is 1. The fourth-order valence-corrected chi connectivity index (χ4v) is 2.66. The first kappa shape index (κ1) is 15.5. The Morgan fingerprint density at radius 2 is 2.24 bits per heavy atom. The molecule has 1 aromatic rings. The number of carbonyl (C=O) groups is 1. The lowest BCUT2D eigenvalue weighted by Crippen LogP contribution is -2.32. The molecule has 1 fully saturated rings. The third-order valence-corrected chi connectivity index (χ3v) is 4.91. The van der Waals surface area contributed by atoms with Gasteiger partial charge in [-0.3, -0.25) is 20.8 Å². The van der Waals surface area contributed by atoms with Crippen LogP contribution in [0, 0.1) is 15.9 Å². The summed E-state index contributed by atoms with van der Waals surface area (Å²) < 4.78 is 13.5. The summed E-state index contributed by atoms with van der Waals surface area (Å²) in [6.07, 6.45) is 3.95. The summed E-state index contributed by atoms with van der Waals surface area (Å²) in [5.41, 5.74) is 1.10. The van der Waals surface area contributed by atoms with Crippen molar-refractivity contribution in [2.24, 2.45) is 5.84 Å². The van der Waals surface area contributed by atoms with Gasteiger partial charge in [0.25, 0.3) is 11.6 Å². The second-order valence-corrected chi connectivity index (χ2v) is 6.09. The lowest BCUT2D eigenvalue weighted by molar-refractivity contribution is -0.385. The lowest BCUT2D eigenvalue weighted by atomic mass is 10.1. The SMILES string of the molecule is CSC1(CNC(=O)c2cc(NN)c(F)cc2[N+](=O)[O-])CC1. The quantitative estimate of drug-likeness (QED) is 0.418. The third-order valence-electron chi connectivity index (χ3n) is 3.49. The van der Waals surface area contributed by atoms with Crippen LogP contribution in [-0.2, 0) is 0 Å². The van der Waals surface area contributed by atoms with E-state index in [1.165, 1.54) is 0 Å². The number of hydrogen-bond acceptors (Lipinski definition) is 6. The maximum Gasteiger partial charge on any atom is 0.285 e. The first-order valence-corrected chi connectivity index (χ1v) is 7.43. The van der Waals surface area contributed by atoms with Crippen LogP contribution in [0.1, 0.15) is 23.2 Å². The van der Waals surface area contributed by atoms with E-state index in [9.17, 15) is 19.3 Å². The highest BCUT2D eigenvalue weighted by Gasteiger charge is 2.42. The number of hydrazine groups is 1. The number of rotatable bonds is 6. The fourth-order valence-electron chi connectivity index (χ4n) is 1.94. The summed E-state index contributed by atoms with van der Waals surface area (Å²) in [5, 5.41) is 13.6. The molecule has 9 heteroatoms. The maximum atomic E-state index is 13.5. The first-order chi connectivity index (χ1) is 9.92.